The van der Waals surface area contributed by atoms with E-state index in [2.05, 4.69) is 0 Å². The number of nitrogens with two attached hydrogens (primary N) is 1. The molecule has 1 saturated heterocycles. The number of hydrogen-bond donors (Lipinski definition) is 2. The second kappa shape index (κ2) is 3.17. The van der Waals surface area contributed by atoms with E-state index in [1.165, 1.54) is 6.92 Å². The van der Waals surface area contributed by atoms with Crippen molar-refractivity contribution in [3.8, 4) is 0 Å². The van der Waals surface area contributed by atoms with Gasteiger partial charge in [-0.25, -0.2) is 0 Å². The summed E-state index contributed by atoms with van der Waals surface area (Å²) in [5, 5.41) is 9.46. The molecule has 3 unspecified atom stereocenters. The summed E-state index contributed by atoms with van der Waals surface area (Å²) >= 11 is 0. The zero-order valence-electron chi connectivity index (χ0n) is 7.61. The van der Waals surface area contributed by atoms with Crippen LogP contribution in [0.2, 0.25) is 0 Å². The van der Waals surface area contributed by atoms with Crippen LogP contribution in [-0.2, 0) is 14.3 Å². The first-order valence-electron chi connectivity index (χ1n) is 4.07. The van der Waals surface area contributed by atoms with Crippen LogP contribution in [0.5, 0.6) is 0 Å². The second-order valence-corrected chi connectivity index (χ2v) is 3.39. The van der Waals surface area contributed by atoms with Gasteiger partial charge in [0.15, 0.2) is 5.78 Å². The van der Waals surface area contributed by atoms with Crippen molar-refractivity contribution >= 4 is 11.6 Å². The molecular formula is C8H13NO4. The number of ether oxygens (including phenoxy) is 1. The van der Waals surface area contributed by atoms with Crippen molar-refractivity contribution in [2.75, 3.05) is 0 Å². The van der Waals surface area contributed by atoms with E-state index in [-0.39, 0.29) is 12.2 Å². The van der Waals surface area contributed by atoms with Crippen LogP contribution in [0.15, 0.2) is 0 Å². The lowest BCUT2D eigenvalue weighted by Gasteiger charge is -2.36. The Morgan fingerprint density at radius 1 is 1.77 bits per heavy atom. The van der Waals surface area contributed by atoms with E-state index >= 15 is 0 Å². The molecule has 1 aliphatic heterocycles. The van der Waals surface area contributed by atoms with Crippen molar-refractivity contribution in [3.63, 3.8) is 0 Å². The smallest absolute Gasteiger partial charge is 0.240 e. The van der Waals surface area contributed by atoms with Gasteiger partial charge in [-0.2, -0.15) is 0 Å². The Balaban J connectivity index is 2.92. The Labute approximate surface area is 75.9 Å². The van der Waals surface area contributed by atoms with Crippen LogP contribution in [-0.4, -0.2) is 28.7 Å². The van der Waals surface area contributed by atoms with Crippen LogP contribution in [0, 0.1) is 5.92 Å². The van der Waals surface area contributed by atoms with Crippen LogP contribution in [0.25, 0.3) is 0 Å². The van der Waals surface area contributed by atoms with Crippen molar-refractivity contribution < 1.29 is 19.4 Å². The molecule has 0 aromatic heterocycles. The molecule has 74 valence electrons. The standard InChI is InChI=1S/C8H13NO4/c1-4-3-6(11)7(5(2)10)8(9,12)13-4/h4,7,12H,3,9H2,1-2H3. The molecule has 13 heavy (non-hydrogen) atoms. The summed E-state index contributed by atoms with van der Waals surface area (Å²) < 4.78 is 4.91. The van der Waals surface area contributed by atoms with Crippen LogP contribution in [0.4, 0.5) is 0 Å². The first kappa shape index (κ1) is 10.3. The summed E-state index contributed by atoms with van der Waals surface area (Å²) in [6.07, 6.45) is -0.331. The fourth-order valence-corrected chi connectivity index (χ4v) is 1.58. The lowest BCUT2D eigenvalue weighted by Crippen LogP contribution is -2.60. The Morgan fingerprint density at radius 3 is 2.69 bits per heavy atom. The molecule has 1 aliphatic rings. The van der Waals surface area contributed by atoms with Crippen LogP contribution >= 0.6 is 0 Å². The zero-order chi connectivity index (χ0) is 10.2. The summed E-state index contributed by atoms with van der Waals surface area (Å²) in [7, 11) is 0. The number of aliphatic hydroxyl groups is 1. The topological polar surface area (TPSA) is 89.6 Å². The van der Waals surface area contributed by atoms with E-state index < -0.39 is 23.7 Å². The van der Waals surface area contributed by atoms with Crippen molar-refractivity contribution in [3.05, 3.63) is 0 Å². The van der Waals surface area contributed by atoms with Gasteiger partial charge in [-0.3, -0.25) is 15.3 Å². The Bertz CT molecular complexity index is 249. The Kier molecular flexibility index (Phi) is 2.51. The molecule has 0 aromatic carbocycles. The molecule has 1 rings (SSSR count). The van der Waals surface area contributed by atoms with Gasteiger partial charge in [-0.1, -0.05) is 0 Å². The molecule has 5 nitrogen and oxygen atoms in total. The van der Waals surface area contributed by atoms with Gasteiger partial charge in [0.05, 0.1) is 6.10 Å². The van der Waals surface area contributed by atoms with E-state index in [9.17, 15) is 14.7 Å². The average molecular weight is 187 g/mol. The van der Waals surface area contributed by atoms with Gasteiger partial charge < -0.3 is 9.84 Å². The van der Waals surface area contributed by atoms with E-state index in [4.69, 9.17) is 10.5 Å². The highest BCUT2D eigenvalue weighted by atomic mass is 16.6. The van der Waals surface area contributed by atoms with Gasteiger partial charge in [-0.15, -0.1) is 0 Å². The normalized spacial score (nSPS) is 40.5. The molecular weight excluding hydrogens is 174 g/mol. The van der Waals surface area contributed by atoms with Gasteiger partial charge in [0.2, 0.25) is 5.91 Å². The van der Waals surface area contributed by atoms with Crippen LogP contribution in [0.1, 0.15) is 20.3 Å². The predicted octanol–water partition coefficient (Wildman–Crippen LogP) is -0.826. The number of Topliss-reactive ketones (excluding diaryl/α,β-unsaturated/α-hetero) is 2. The van der Waals surface area contributed by atoms with Crippen LogP contribution in [0.3, 0.4) is 0 Å². The molecule has 0 saturated carbocycles. The summed E-state index contributed by atoms with van der Waals surface area (Å²) in [6, 6.07) is 0. The lowest BCUT2D eigenvalue weighted by atomic mass is 9.89. The fourth-order valence-electron chi connectivity index (χ4n) is 1.58. The third-order valence-corrected chi connectivity index (χ3v) is 2.02. The van der Waals surface area contributed by atoms with Gasteiger partial charge in [0.1, 0.15) is 11.7 Å². The van der Waals surface area contributed by atoms with Crippen molar-refractivity contribution in [2.24, 2.45) is 11.7 Å². The van der Waals surface area contributed by atoms with E-state index in [1.54, 1.807) is 6.92 Å². The first-order valence-corrected chi connectivity index (χ1v) is 4.07. The largest absolute Gasteiger partial charge is 0.353 e. The summed E-state index contributed by atoms with van der Waals surface area (Å²) in [5.74, 6) is -4.22. The molecule has 0 aliphatic carbocycles. The van der Waals surface area contributed by atoms with E-state index in [1.807, 2.05) is 0 Å². The minimum atomic E-state index is -2.14. The highest BCUT2D eigenvalue weighted by Gasteiger charge is 2.47. The van der Waals surface area contributed by atoms with Gasteiger partial charge in [0.25, 0.3) is 0 Å². The minimum Gasteiger partial charge on any atom is -0.353 e. The quantitative estimate of drug-likeness (QED) is 0.413. The number of ketones is 2. The van der Waals surface area contributed by atoms with Crippen molar-refractivity contribution in [1.29, 1.82) is 0 Å². The molecule has 0 aromatic rings. The fraction of sp³-hybridized carbons (Fsp3) is 0.750. The van der Waals surface area contributed by atoms with Crippen molar-refractivity contribution in [2.45, 2.75) is 32.3 Å². The molecule has 0 spiro atoms. The third-order valence-electron chi connectivity index (χ3n) is 2.02. The maximum absolute atomic E-state index is 11.3. The molecule has 5 heteroatoms. The van der Waals surface area contributed by atoms with E-state index in [0.29, 0.717) is 0 Å². The number of rotatable bonds is 1. The summed E-state index contributed by atoms with van der Waals surface area (Å²) in [6.45, 7) is 2.83. The van der Waals surface area contributed by atoms with Crippen molar-refractivity contribution in [1.82, 2.24) is 0 Å². The SMILES string of the molecule is CC(=O)C1C(=O)CC(C)OC1(N)O. The van der Waals surface area contributed by atoms with E-state index in [0.717, 1.165) is 0 Å². The molecule has 0 amide bonds. The van der Waals surface area contributed by atoms with Gasteiger partial charge in [0, 0.05) is 6.42 Å². The minimum absolute atomic E-state index is 0.115. The highest BCUT2D eigenvalue weighted by molar-refractivity contribution is 6.02. The summed E-state index contributed by atoms with van der Waals surface area (Å²) in [5.41, 5.74) is 5.30. The predicted molar refractivity (Wildman–Crippen MR) is 43.5 cm³/mol. The number of carbonyl (C=O) groups excluding carboxylic acids is 2. The summed E-state index contributed by atoms with van der Waals surface area (Å²) in [4.78, 5) is 22.3. The number of hydrogen-bond acceptors (Lipinski definition) is 5. The monoisotopic (exact) mass is 187 g/mol. The lowest BCUT2D eigenvalue weighted by molar-refractivity contribution is -0.259. The maximum atomic E-state index is 11.3. The molecule has 0 radical (unpaired) electrons. The molecule has 0 bridgehead atoms. The number of carbonyl (C=O) groups is 2. The zero-order valence-corrected chi connectivity index (χ0v) is 7.61. The third kappa shape index (κ3) is 1.93. The molecule has 1 heterocycles. The highest BCUT2D eigenvalue weighted by Crippen LogP contribution is 2.26. The van der Waals surface area contributed by atoms with Gasteiger partial charge in [-0.05, 0) is 13.8 Å². The van der Waals surface area contributed by atoms with Gasteiger partial charge >= 0.3 is 0 Å². The Hall–Kier alpha value is -0.780. The van der Waals surface area contributed by atoms with Crippen LogP contribution < -0.4 is 5.73 Å². The first-order chi connectivity index (χ1) is 5.84. The Morgan fingerprint density at radius 2 is 2.31 bits per heavy atom. The maximum Gasteiger partial charge on any atom is 0.240 e. The second-order valence-electron chi connectivity index (χ2n) is 3.39. The average Bonchev–Trinajstić information content (AvgIpc) is 1.78. The molecule has 3 N–H and O–H groups in total. The molecule has 3 atom stereocenters. The molecule has 1 fully saturated rings.